The van der Waals surface area contributed by atoms with E-state index in [2.05, 4.69) is 5.32 Å². The van der Waals surface area contributed by atoms with E-state index in [9.17, 15) is 8.42 Å². The summed E-state index contributed by atoms with van der Waals surface area (Å²) in [6.45, 7) is 1.68. The molecule has 0 saturated carbocycles. The average Bonchev–Trinajstić information content (AvgIpc) is 2.68. The lowest BCUT2D eigenvalue weighted by Crippen LogP contribution is -2.39. The third-order valence-corrected chi connectivity index (χ3v) is 4.11. The number of primary sulfonamides is 1. The highest BCUT2D eigenvalue weighted by Gasteiger charge is 2.43. The van der Waals surface area contributed by atoms with Crippen LogP contribution in [0.25, 0.3) is 0 Å². The molecule has 0 aliphatic carbocycles. The molecular weight excluding hydrogens is 256 g/mol. The van der Waals surface area contributed by atoms with Crippen LogP contribution in [0.15, 0.2) is 23.1 Å². The van der Waals surface area contributed by atoms with Crippen LogP contribution in [0.4, 0.5) is 5.69 Å². The molecule has 7 heteroatoms. The van der Waals surface area contributed by atoms with Crippen LogP contribution in [0.1, 0.15) is 12.0 Å². The Kier molecular flexibility index (Phi) is 2.60. The molecule has 0 unspecified atom stereocenters. The first-order chi connectivity index (χ1) is 8.51. The lowest BCUT2D eigenvalue weighted by atomic mass is 10.1. The van der Waals surface area contributed by atoms with Gasteiger partial charge < -0.3 is 14.8 Å². The van der Waals surface area contributed by atoms with Crippen molar-refractivity contribution < 1.29 is 17.9 Å². The number of hydrogen-bond acceptors (Lipinski definition) is 5. The van der Waals surface area contributed by atoms with Gasteiger partial charge in [-0.25, -0.2) is 13.6 Å². The van der Waals surface area contributed by atoms with E-state index in [1.165, 1.54) is 12.1 Å². The number of anilines is 1. The highest BCUT2D eigenvalue weighted by atomic mass is 32.2. The summed E-state index contributed by atoms with van der Waals surface area (Å²) < 4.78 is 34.2. The molecule has 1 saturated heterocycles. The Labute approximate surface area is 105 Å². The maximum Gasteiger partial charge on any atom is 0.238 e. The number of fused-ring (bicyclic) bond motifs is 2. The van der Waals surface area contributed by atoms with Gasteiger partial charge in [-0.15, -0.1) is 0 Å². The Hall–Kier alpha value is -1.15. The van der Waals surface area contributed by atoms with Crippen LogP contribution in [0.2, 0.25) is 0 Å². The third kappa shape index (κ3) is 1.79. The lowest BCUT2D eigenvalue weighted by Gasteiger charge is -2.33. The highest BCUT2D eigenvalue weighted by Crippen LogP contribution is 2.41. The van der Waals surface area contributed by atoms with Crippen LogP contribution in [-0.2, 0) is 25.3 Å². The van der Waals surface area contributed by atoms with Gasteiger partial charge in [0.2, 0.25) is 15.8 Å². The zero-order valence-electron chi connectivity index (χ0n) is 9.68. The normalized spacial score (nSPS) is 21.6. The van der Waals surface area contributed by atoms with E-state index >= 15 is 0 Å². The predicted octanol–water partition coefficient (Wildman–Crippen LogP) is 0.349. The van der Waals surface area contributed by atoms with E-state index in [1.54, 1.807) is 6.07 Å². The smallest absolute Gasteiger partial charge is 0.238 e. The fraction of sp³-hybridized carbons (Fsp3) is 0.455. The summed E-state index contributed by atoms with van der Waals surface area (Å²) in [6, 6.07) is 4.68. The number of ether oxygens (including phenoxy) is 2. The predicted molar refractivity (Wildman–Crippen MR) is 64.5 cm³/mol. The summed E-state index contributed by atoms with van der Waals surface area (Å²) in [5, 5.41) is 8.29. The minimum atomic E-state index is -3.72. The van der Waals surface area contributed by atoms with E-state index in [0.717, 1.165) is 12.1 Å². The molecule has 2 heterocycles. The summed E-state index contributed by atoms with van der Waals surface area (Å²) in [5.41, 5.74) is 1.53. The van der Waals surface area contributed by atoms with E-state index in [0.29, 0.717) is 25.3 Å². The first kappa shape index (κ1) is 11.9. The molecule has 0 aromatic heterocycles. The van der Waals surface area contributed by atoms with Gasteiger partial charge in [-0.05, 0) is 24.6 Å². The summed E-state index contributed by atoms with van der Waals surface area (Å²) in [7, 11) is -3.72. The number of sulfonamides is 1. The third-order valence-electron chi connectivity index (χ3n) is 3.20. The molecule has 0 atom stereocenters. The van der Waals surface area contributed by atoms with Gasteiger partial charge >= 0.3 is 0 Å². The van der Waals surface area contributed by atoms with E-state index < -0.39 is 15.8 Å². The Morgan fingerprint density at radius 3 is 2.67 bits per heavy atom. The van der Waals surface area contributed by atoms with Crippen molar-refractivity contribution in [1.29, 1.82) is 0 Å². The molecule has 3 N–H and O–H groups in total. The molecule has 1 aromatic carbocycles. The van der Waals surface area contributed by atoms with E-state index in [-0.39, 0.29) is 4.90 Å². The van der Waals surface area contributed by atoms with Crippen molar-refractivity contribution in [3.05, 3.63) is 23.8 Å². The summed E-state index contributed by atoms with van der Waals surface area (Å²) in [5.74, 6) is -0.867. The maximum absolute atomic E-state index is 11.4. The van der Waals surface area contributed by atoms with Gasteiger partial charge in [0.15, 0.2) is 0 Å². The van der Waals surface area contributed by atoms with Crippen molar-refractivity contribution in [3.8, 4) is 0 Å². The van der Waals surface area contributed by atoms with Gasteiger partial charge in [0.05, 0.1) is 24.7 Å². The largest absolute Gasteiger partial charge is 0.379 e. The highest BCUT2D eigenvalue weighted by molar-refractivity contribution is 7.89. The fourth-order valence-corrected chi connectivity index (χ4v) is 2.85. The van der Waals surface area contributed by atoms with Gasteiger partial charge in [0.1, 0.15) is 0 Å². The quantitative estimate of drug-likeness (QED) is 0.768. The molecular formula is C11H14N2O4S. The fourth-order valence-electron chi connectivity index (χ4n) is 2.31. The second-order valence-corrected chi connectivity index (χ2v) is 5.97. The zero-order valence-corrected chi connectivity index (χ0v) is 10.5. The summed E-state index contributed by atoms with van der Waals surface area (Å²) in [4.78, 5) is 0.0714. The molecule has 0 bridgehead atoms. The van der Waals surface area contributed by atoms with Gasteiger partial charge in [0.25, 0.3) is 0 Å². The number of nitrogens with one attached hydrogen (secondary N) is 1. The second kappa shape index (κ2) is 3.92. The molecule has 2 aliphatic rings. The number of benzene rings is 1. The number of rotatable bonds is 1. The zero-order chi connectivity index (χ0) is 12.8. The first-order valence-corrected chi connectivity index (χ1v) is 7.25. The van der Waals surface area contributed by atoms with Gasteiger partial charge in [-0.3, -0.25) is 0 Å². The van der Waals surface area contributed by atoms with Crippen molar-refractivity contribution in [3.63, 3.8) is 0 Å². The molecule has 6 nitrogen and oxygen atoms in total. The molecule has 1 fully saturated rings. The van der Waals surface area contributed by atoms with Gasteiger partial charge in [-0.2, -0.15) is 0 Å². The molecule has 0 amide bonds. The number of nitrogens with two attached hydrogens (primary N) is 1. The van der Waals surface area contributed by atoms with E-state index in [1.807, 2.05) is 0 Å². The Morgan fingerprint density at radius 2 is 2.00 bits per heavy atom. The molecule has 0 radical (unpaired) electrons. The maximum atomic E-state index is 11.4. The molecule has 98 valence electrons. The average molecular weight is 270 g/mol. The molecule has 1 spiro atoms. The van der Waals surface area contributed by atoms with Crippen molar-refractivity contribution in [1.82, 2.24) is 0 Å². The lowest BCUT2D eigenvalue weighted by molar-refractivity contribution is -0.263. The van der Waals surface area contributed by atoms with Gasteiger partial charge in [-0.1, -0.05) is 0 Å². The SMILES string of the molecule is NS(=O)(=O)c1ccc2c(c1)C1(CN2)OCCCO1. The van der Waals surface area contributed by atoms with Crippen molar-refractivity contribution >= 4 is 15.7 Å². The minimum absolute atomic E-state index is 0.0714. The van der Waals surface area contributed by atoms with Crippen molar-refractivity contribution in [2.75, 3.05) is 25.1 Å². The Balaban J connectivity index is 2.09. The summed E-state index contributed by atoms with van der Waals surface area (Å²) >= 11 is 0. The molecule has 1 aromatic rings. The summed E-state index contributed by atoms with van der Waals surface area (Å²) in [6.07, 6.45) is 0.839. The first-order valence-electron chi connectivity index (χ1n) is 5.70. The van der Waals surface area contributed by atoms with Crippen LogP contribution in [0, 0.1) is 0 Å². The second-order valence-electron chi connectivity index (χ2n) is 4.41. The standard InChI is InChI=1S/C11H14N2O4S/c12-18(14,15)8-2-3-10-9(6-8)11(7-13-10)16-4-1-5-17-11/h2-3,6,13H,1,4-5,7H2,(H2,12,14,15). The van der Waals surface area contributed by atoms with Crippen LogP contribution in [0.5, 0.6) is 0 Å². The molecule has 18 heavy (non-hydrogen) atoms. The topological polar surface area (TPSA) is 90.7 Å². The van der Waals surface area contributed by atoms with Crippen molar-refractivity contribution in [2.24, 2.45) is 5.14 Å². The van der Waals surface area contributed by atoms with Crippen molar-refractivity contribution in [2.45, 2.75) is 17.1 Å². The van der Waals surface area contributed by atoms with Crippen LogP contribution in [0.3, 0.4) is 0 Å². The Morgan fingerprint density at radius 1 is 1.28 bits per heavy atom. The molecule has 2 aliphatic heterocycles. The van der Waals surface area contributed by atoms with Crippen LogP contribution >= 0.6 is 0 Å². The molecule has 3 rings (SSSR count). The number of hydrogen-bond donors (Lipinski definition) is 2. The van der Waals surface area contributed by atoms with Gasteiger partial charge in [0, 0.05) is 11.3 Å². The monoisotopic (exact) mass is 270 g/mol. The Bertz CT molecular complexity index is 573. The minimum Gasteiger partial charge on any atom is -0.379 e. The van der Waals surface area contributed by atoms with Crippen LogP contribution in [-0.4, -0.2) is 28.2 Å². The van der Waals surface area contributed by atoms with E-state index in [4.69, 9.17) is 14.6 Å². The van der Waals surface area contributed by atoms with Crippen LogP contribution < -0.4 is 10.5 Å².